The Morgan fingerprint density at radius 2 is 1.65 bits per heavy atom. The second-order valence-electron chi connectivity index (χ2n) is 8.35. The monoisotopic (exact) mass is 355 g/mol. The molecule has 0 bridgehead atoms. The van der Waals surface area contributed by atoms with Crippen molar-refractivity contribution < 1.29 is 4.79 Å². The number of carbonyl (C=O) groups excluding carboxylic acids is 1. The maximum Gasteiger partial charge on any atom is 0.225 e. The van der Waals surface area contributed by atoms with Crippen molar-refractivity contribution in [2.45, 2.75) is 51.5 Å². The molecule has 1 aromatic rings. The normalized spacial score (nSPS) is 23.6. The maximum atomic E-state index is 12.5. The van der Waals surface area contributed by atoms with Gasteiger partial charge in [0, 0.05) is 56.9 Å². The minimum atomic E-state index is 0.346. The van der Waals surface area contributed by atoms with E-state index in [2.05, 4.69) is 45.9 Å². The van der Waals surface area contributed by atoms with Crippen molar-refractivity contribution in [2.24, 2.45) is 5.92 Å². The number of aryl methyl sites for hydroxylation is 1. The van der Waals surface area contributed by atoms with E-state index in [9.17, 15) is 4.79 Å². The Morgan fingerprint density at radius 3 is 2.35 bits per heavy atom. The lowest BCUT2D eigenvalue weighted by Gasteiger charge is -2.39. The minimum Gasteiger partial charge on any atom is -0.371 e. The van der Waals surface area contributed by atoms with Crippen LogP contribution in [0, 0.1) is 12.8 Å². The van der Waals surface area contributed by atoms with Gasteiger partial charge in [-0.15, -0.1) is 0 Å². The molecule has 26 heavy (non-hydrogen) atoms. The first-order valence-corrected chi connectivity index (χ1v) is 10.6. The molecule has 0 aromatic heterocycles. The highest BCUT2D eigenvalue weighted by Crippen LogP contribution is 2.29. The lowest BCUT2D eigenvalue weighted by atomic mass is 9.84. The van der Waals surface area contributed by atoms with E-state index in [0.29, 0.717) is 17.9 Å². The highest BCUT2D eigenvalue weighted by Gasteiger charge is 2.32. The van der Waals surface area contributed by atoms with Crippen molar-refractivity contribution in [3.05, 3.63) is 29.8 Å². The fourth-order valence-electron chi connectivity index (χ4n) is 4.83. The van der Waals surface area contributed by atoms with Crippen LogP contribution in [0.2, 0.25) is 0 Å². The van der Waals surface area contributed by atoms with Gasteiger partial charge < -0.3 is 9.80 Å². The quantitative estimate of drug-likeness (QED) is 0.832. The van der Waals surface area contributed by atoms with Crippen LogP contribution in [0.4, 0.5) is 5.69 Å². The number of anilines is 1. The number of hydrogen-bond acceptors (Lipinski definition) is 3. The Morgan fingerprint density at radius 1 is 0.885 bits per heavy atom. The van der Waals surface area contributed by atoms with Crippen LogP contribution in [-0.2, 0) is 4.79 Å². The number of benzene rings is 1. The zero-order valence-corrected chi connectivity index (χ0v) is 16.2. The third-order valence-electron chi connectivity index (χ3n) is 6.73. The van der Waals surface area contributed by atoms with E-state index < -0.39 is 0 Å². The summed E-state index contributed by atoms with van der Waals surface area (Å²) in [6, 6.07) is 9.43. The number of amides is 1. The smallest absolute Gasteiger partial charge is 0.225 e. The van der Waals surface area contributed by atoms with Crippen molar-refractivity contribution in [3.63, 3.8) is 0 Å². The fourth-order valence-corrected chi connectivity index (χ4v) is 4.83. The number of piperidine rings is 1. The molecule has 0 unspecified atom stereocenters. The fraction of sp³-hybridized carbons (Fsp3) is 0.682. The van der Waals surface area contributed by atoms with E-state index in [1.54, 1.807) is 0 Å². The molecule has 1 aliphatic carbocycles. The van der Waals surface area contributed by atoms with Crippen molar-refractivity contribution in [2.75, 3.05) is 44.2 Å². The molecular weight excluding hydrogens is 322 g/mol. The van der Waals surface area contributed by atoms with Gasteiger partial charge >= 0.3 is 0 Å². The van der Waals surface area contributed by atoms with Gasteiger partial charge in [0.2, 0.25) is 5.91 Å². The summed E-state index contributed by atoms with van der Waals surface area (Å²) >= 11 is 0. The van der Waals surface area contributed by atoms with E-state index in [4.69, 9.17) is 0 Å². The van der Waals surface area contributed by atoms with Gasteiger partial charge in [-0.2, -0.15) is 0 Å². The minimum absolute atomic E-state index is 0.346. The molecule has 1 amide bonds. The van der Waals surface area contributed by atoms with Gasteiger partial charge in [0.05, 0.1) is 0 Å². The van der Waals surface area contributed by atoms with Gasteiger partial charge in [-0.3, -0.25) is 9.69 Å². The van der Waals surface area contributed by atoms with Crippen LogP contribution in [0.5, 0.6) is 0 Å². The highest BCUT2D eigenvalue weighted by molar-refractivity contribution is 5.79. The van der Waals surface area contributed by atoms with Gasteiger partial charge in [0.25, 0.3) is 0 Å². The first-order chi connectivity index (χ1) is 12.7. The third-order valence-corrected chi connectivity index (χ3v) is 6.73. The zero-order valence-electron chi connectivity index (χ0n) is 16.2. The number of rotatable bonds is 3. The van der Waals surface area contributed by atoms with Crippen molar-refractivity contribution in [3.8, 4) is 0 Å². The Labute approximate surface area is 158 Å². The van der Waals surface area contributed by atoms with Gasteiger partial charge in [-0.25, -0.2) is 0 Å². The number of para-hydroxylation sites is 1. The molecular formula is C22H33N3O. The number of nitrogens with zero attached hydrogens (tertiary/aromatic N) is 3. The summed E-state index contributed by atoms with van der Waals surface area (Å²) in [5.74, 6) is 0.784. The molecule has 4 rings (SSSR count). The summed E-state index contributed by atoms with van der Waals surface area (Å²) in [5.41, 5.74) is 2.78. The molecule has 0 atom stereocenters. The van der Waals surface area contributed by atoms with Crippen LogP contribution in [0.1, 0.15) is 44.1 Å². The van der Waals surface area contributed by atoms with Crippen LogP contribution in [0.25, 0.3) is 0 Å². The Hall–Kier alpha value is -1.55. The predicted molar refractivity (Wildman–Crippen MR) is 107 cm³/mol. The van der Waals surface area contributed by atoms with Crippen LogP contribution in [0.15, 0.2) is 24.3 Å². The van der Waals surface area contributed by atoms with Gasteiger partial charge in [0.15, 0.2) is 0 Å². The standard InChI is InChI=1S/C22H33N3O/c1-18-6-2-3-9-21(18)24-14-10-20(11-15-24)23-12-5-13-25(17-16-23)22(26)19-7-4-8-19/h2-3,6,9,19-20H,4-5,7-8,10-17H2,1H3. The van der Waals surface area contributed by atoms with Crippen molar-refractivity contribution in [1.29, 1.82) is 0 Å². The van der Waals surface area contributed by atoms with E-state index in [1.807, 2.05) is 0 Å². The lowest BCUT2D eigenvalue weighted by molar-refractivity contribution is -0.138. The summed E-state index contributed by atoms with van der Waals surface area (Å²) in [6.45, 7) is 8.63. The molecule has 3 fully saturated rings. The first-order valence-electron chi connectivity index (χ1n) is 10.6. The van der Waals surface area contributed by atoms with E-state index in [1.165, 1.54) is 30.5 Å². The summed E-state index contributed by atoms with van der Waals surface area (Å²) in [4.78, 5) is 19.9. The van der Waals surface area contributed by atoms with Gasteiger partial charge in [-0.1, -0.05) is 24.6 Å². The van der Waals surface area contributed by atoms with Crippen LogP contribution in [-0.4, -0.2) is 61.0 Å². The highest BCUT2D eigenvalue weighted by atomic mass is 16.2. The largest absolute Gasteiger partial charge is 0.371 e. The molecule has 1 aromatic carbocycles. The van der Waals surface area contributed by atoms with Crippen LogP contribution in [0.3, 0.4) is 0 Å². The Balaban J connectivity index is 1.29. The molecule has 142 valence electrons. The van der Waals surface area contributed by atoms with Crippen LogP contribution >= 0.6 is 0 Å². The van der Waals surface area contributed by atoms with Crippen molar-refractivity contribution >= 4 is 11.6 Å². The van der Waals surface area contributed by atoms with Gasteiger partial charge in [-0.05, 0) is 50.7 Å². The predicted octanol–water partition coefficient (Wildman–Crippen LogP) is 3.30. The summed E-state index contributed by atoms with van der Waals surface area (Å²) in [5, 5.41) is 0. The third kappa shape index (κ3) is 3.75. The van der Waals surface area contributed by atoms with E-state index in [-0.39, 0.29) is 0 Å². The summed E-state index contributed by atoms with van der Waals surface area (Å²) in [7, 11) is 0. The number of carbonyl (C=O) groups is 1. The Kier molecular flexibility index (Phi) is 5.49. The second kappa shape index (κ2) is 7.99. The van der Waals surface area contributed by atoms with E-state index in [0.717, 1.165) is 58.5 Å². The molecule has 4 heteroatoms. The topological polar surface area (TPSA) is 26.8 Å². The first kappa shape index (κ1) is 17.8. The Bertz CT molecular complexity index is 620. The maximum absolute atomic E-state index is 12.5. The van der Waals surface area contributed by atoms with Crippen LogP contribution < -0.4 is 4.90 Å². The average Bonchev–Trinajstić information content (AvgIpc) is 2.87. The van der Waals surface area contributed by atoms with Gasteiger partial charge in [0.1, 0.15) is 0 Å². The van der Waals surface area contributed by atoms with E-state index >= 15 is 0 Å². The number of hydrogen-bond donors (Lipinski definition) is 0. The molecule has 2 saturated heterocycles. The molecule has 3 aliphatic rings. The molecule has 0 radical (unpaired) electrons. The average molecular weight is 356 g/mol. The molecule has 0 N–H and O–H groups in total. The molecule has 1 saturated carbocycles. The SMILES string of the molecule is Cc1ccccc1N1CCC(N2CCCN(C(=O)C3CCC3)CC2)CC1. The van der Waals surface area contributed by atoms with Crippen molar-refractivity contribution in [1.82, 2.24) is 9.80 Å². The molecule has 4 nitrogen and oxygen atoms in total. The zero-order chi connectivity index (χ0) is 17.9. The second-order valence-corrected chi connectivity index (χ2v) is 8.35. The molecule has 2 heterocycles. The summed E-state index contributed by atoms with van der Waals surface area (Å²) < 4.78 is 0. The molecule has 2 aliphatic heterocycles. The lowest BCUT2D eigenvalue weighted by Crippen LogP contribution is -2.47. The summed E-state index contributed by atoms with van der Waals surface area (Å²) in [6.07, 6.45) is 7.11. The molecule has 0 spiro atoms.